The molecule has 0 atom stereocenters. The first-order valence-corrected chi connectivity index (χ1v) is 6.34. The predicted molar refractivity (Wildman–Crippen MR) is 68.0 cm³/mol. The van der Waals surface area contributed by atoms with Crippen LogP contribution in [0.3, 0.4) is 0 Å². The largest absolute Gasteiger partial charge is 0.368 e. The third-order valence-electron chi connectivity index (χ3n) is 2.92. The van der Waals surface area contributed by atoms with Crippen LogP contribution in [0.15, 0.2) is 6.07 Å². The lowest BCUT2D eigenvalue weighted by Crippen LogP contribution is -2.19. The summed E-state index contributed by atoms with van der Waals surface area (Å²) in [7, 11) is 0. The lowest BCUT2D eigenvalue weighted by atomic mass is 10.3. The van der Waals surface area contributed by atoms with Crippen molar-refractivity contribution in [3.63, 3.8) is 0 Å². The molecule has 3 rings (SSSR count). The molecule has 1 aliphatic heterocycles. The van der Waals surface area contributed by atoms with Gasteiger partial charge in [0.25, 0.3) is 0 Å². The quantitative estimate of drug-likeness (QED) is 0.821. The van der Waals surface area contributed by atoms with Crippen LogP contribution < -0.4 is 10.6 Å². The summed E-state index contributed by atoms with van der Waals surface area (Å²) in [6.45, 7) is 4.26. The molecular formula is C11H14N4S. The van der Waals surface area contributed by atoms with Gasteiger partial charge in [-0.3, -0.25) is 0 Å². The maximum absolute atomic E-state index is 5.76. The van der Waals surface area contributed by atoms with E-state index in [1.807, 2.05) is 0 Å². The molecule has 0 aliphatic carbocycles. The van der Waals surface area contributed by atoms with Crippen molar-refractivity contribution in [2.24, 2.45) is 0 Å². The van der Waals surface area contributed by atoms with Gasteiger partial charge >= 0.3 is 0 Å². The van der Waals surface area contributed by atoms with Crippen molar-refractivity contribution in [2.75, 3.05) is 23.7 Å². The van der Waals surface area contributed by atoms with Gasteiger partial charge in [0.05, 0.1) is 5.39 Å². The molecule has 0 bridgehead atoms. The normalized spacial score (nSPS) is 16.2. The maximum Gasteiger partial charge on any atom is 0.223 e. The van der Waals surface area contributed by atoms with E-state index in [0.29, 0.717) is 5.95 Å². The monoisotopic (exact) mass is 234 g/mol. The summed E-state index contributed by atoms with van der Waals surface area (Å²) in [5.74, 6) is 1.40. The SMILES string of the molecule is Cc1cc2c(N3CCCC3)nc(N)nc2s1. The molecule has 3 heterocycles. The fourth-order valence-electron chi connectivity index (χ4n) is 2.21. The molecular weight excluding hydrogens is 220 g/mol. The predicted octanol–water partition coefficient (Wildman–Crippen LogP) is 2.18. The average Bonchev–Trinajstić information content (AvgIpc) is 2.83. The van der Waals surface area contributed by atoms with Crippen LogP contribution in [-0.2, 0) is 0 Å². The molecule has 0 amide bonds. The van der Waals surface area contributed by atoms with Crippen molar-refractivity contribution < 1.29 is 0 Å². The van der Waals surface area contributed by atoms with Gasteiger partial charge in [0.2, 0.25) is 5.95 Å². The molecule has 0 saturated carbocycles. The lowest BCUT2D eigenvalue weighted by Gasteiger charge is -2.17. The molecule has 84 valence electrons. The summed E-state index contributed by atoms with van der Waals surface area (Å²) in [6.07, 6.45) is 2.49. The molecule has 1 fully saturated rings. The van der Waals surface area contributed by atoms with Gasteiger partial charge in [0, 0.05) is 18.0 Å². The van der Waals surface area contributed by atoms with Gasteiger partial charge in [-0.15, -0.1) is 11.3 Å². The molecule has 2 aromatic rings. The number of nitrogens with two attached hydrogens (primary N) is 1. The van der Waals surface area contributed by atoms with Crippen LogP contribution in [0.5, 0.6) is 0 Å². The fraction of sp³-hybridized carbons (Fsp3) is 0.455. The summed E-state index contributed by atoms with van der Waals surface area (Å²) < 4.78 is 0. The first-order chi connectivity index (χ1) is 7.74. The standard InChI is InChI=1S/C11H14N4S/c1-7-6-8-9(15-4-2-3-5-15)13-11(12)14-10(8)16-7/h6H,2-5H2,1H3,(H2,12,13,14). The van der Waals surface area contributed by atoms with Crippen LogP contribution in [0.1, 0.15) is 17.7 Å². The fourth-order valence-corrected chi connectivity index (χ4v) is 3.09. The first kappa shape index (κ1) is 9.84. The van der Waals surface area contributed by atoms with Crippen LogP contribution >= 0.6 is 11.3 Å². The van der Waals surface area contributed by atoms with Crippen LogP contribution in [-0.4, -0.2) is 23.1 Å². The van der Waals surface area contributed by atoms with Gasteiger partial charge in [-0.25, -0.2) is 4.98 Å². The molecule has 4 nitrogen and oxygen atoms in total. The molecule has 5 heteroatoms. The summed E-state index contributed by atoms with van der Waals surface area (Å²) in [4.78, 5) is 13.3. The van der Waals surface area contributed by atoms with E-state index in [1.54, 1.807) is 11.3 Å². The summed E-state index contributed by atoms with van der Waals surface area (Å²) in [6, 6.07) is 2.16. The van der Waals surface area contributed by atoms with Gasteiger partial charge in [-0.05, 0) is 25.8 Å². The molecule has 0 radical (unpaired) electrons. The number of aromatic nitrogens is 2. The highest BCUT2D eigenvalue weighted by molar-refractivity contribution is 7.18. The van der Waals surface area contributed by atoms with Crippen LogP contribution in [0.25, 0.3) is 10.2 Å². The minimum absolute atomic E-state index is 0.385. The van der Waals surface area contributed by atoms with E-state index < -0.39 is 0 Å². The van der Waals surface area contributed by atoms with Crippen LogP contribution in [0.2, 0.25) is 0 Å². The Morgan fingerprint density at radius 3 is 2.81 bits per heavy atom. The topological polar surface area (TPSA) is 55.0 Å². The third kappa shape index (κ3) is 1.51. The molecule has 16 heavy (non-hydrogen) atoms. The molecule has 1 saturated heterocycles. The van der Waals surface area contributed by atoms with Gasteiger partial charge in [-0.1, -0.05) is 0 Å². The number of nitrogen functional groups attached to an aromatic ring is 1. The Bertz CT molecular complexity index is 528. The Labute approximate surface area is 98.1 Å². The summed E-state index contributed by atoms with van der Waals surface area (Å²) >= 11 is 1.68. The van der Waals surface area contributed by atoms with Gasteiger partial charge in [-0.2, -0.15) is 4.98 Å². The molecule has 2 aromatic heterocycles. The van der Waals surface area contributed by atoms with Gasteiger partial charge in [0.15, 0.2) is 0 Å². The highest BCUT2D eigenvalue weighted by Gasteiger charge is 2.18. The van der Waals surface area contributed by atoms with Crippen molar-refractivity contribution in [1.29, 1.82) is 0 Å². The van der Waals surface area contributed by atoms with E-state index in [4.69, 9.17) is 5.73 Å². The minimum Gasteiger partial charge on any atom is -0.368 e. The van der Waals surface area contributed by atoms with Gasteiger partial charge < -0.3 is 10.6 Å². The second-order valence-corrected chi connectivity index (χ2v) is 5.41. The Kier molecular flexibility index (Phi) is 2.21. The number of aryl methyl sites for hydroxylation is 1. The smallest absolute Gasteiger partial charge is 0.223 e. The second kappa shape index (κ2) is 3.59. The molecule has 0 spiro atoms. The van der Waals surface area contributed by atoms with Gasteiger partial charge in [0.1, 0.15) is 10.6 Å². The van der Waals surface area contributed by atoms with Crippen molar-refractivity contribution in [1.82, 2.24) is 9.97 Å². The Hall–Kier alpha value is -1.36. The molecule has 0 aromatic carbocycles. The van der Waals surface area contributed by atoms with Crippen molar-refractivity contribution >= 4 is 33.3 Å². The Morgan fingerprint density at radius 1 is 1.31 bits per heavy atom. The molecule has 2 N–H and O–H groups in total. The number of nitrogens with zero attached hydrogens (tertiary/aromatic N) is 3. The molecule has 1 aliphatic rings. The number of hydrogen-bond acceptors (Lipinski definition) is 5. The number of thiophene rings is 1. The zero-order valence-electron chi connectivity index (χ0n) is 9.23. The zero-order valence-corrected chi connectivity index (χ0v) is 10.0. The number of fused-ring (bicyclic) bond motifs is 1. The highest BCUT2D eigenvalue weighted by Crippen LogP contribution is 2.32. The van der Waals surface area contributed by atoms with Crippen LogP contribution in [0.4, 0.5) is 11.8 Å². The number of hydrogen-bond donors (Lipinski definition) is 1. The minimum atomic E-state index is 0.385. The van der Waals surface area contributed by atoms with Crippen LogP contribution in [0, 0.1) is 6.92 Å². The Morgan fingerprint density at radius 2 is 2.06 bits per heavy atom. The van der Waals surface area contributed by atoms with Crippen molar-refractivity contribution in [3.8, 4) is 0 Å². The molecule has 0 unspecified atom stereocenters. The summed E-state index contributed by atoms with van der Waals surface area (Å²) in [5, 5.41) is 1.15. The zero-order chi connectivity index (χ0) is 11.1. The third-order valence-corrected chi connectivity index (χ3v) is 3.86. The van der Waals surface area contributed by atoms with E-state index in [-0.39, 0.29) is 0 Å². The first-order valence-electron chi connectivity index (χ1n) is 5.52. The average molecular weight is 234 g/mol. The maximum atomic E-state index is 5.76. The second-order valence-electron chi connectivity index (χ2n) is 4.18. The van der Waals surface area contributed by atoms with E-state index in [1.165, 1.54) is 17.7 Å². The van der Waals surface area contributed by atoms with E-state index >= 15 is 0 Å². The Balaban J connectivity index is 2.20. The number of rotatable bonds is 1. The lowest BCUT2D eigenvalue weighted by molar-refractivity contribution is 0.943. The van der Waals surface area contributed by atoms with E-state index in [9.17, 15) is 0 Å². The number of anilines is 2. The summed E-state index contributed by atoms with van der Waals surface area (Å²) in [5.41, 5.74) is 5.76. The van der Waals surface area contributed by atoms with E-state index in [0.717, 1.165) is 29.1 Å². The van der Waals surface area contributed by atoms with Crippen molar-refractivity contribution in [3.05, 3.63) is 10.9 Å². The highest BCUT2D eigenvalue weighted by atomic mass is 32.1. The van der Waals surface area contributed by atoms with E-state index in [2.05, 4.69) is 27.9 Å². The van der Waals surface area contributed by atoms with Crippen molar-refractivity contribution in [2.45, 2.75) is 19.8 Å².